The monoisotopic (exact) mass is 877 g/mol. The van der Waals surface area contributed by atoms with Gasteiger partial charge in [0.05, 0.1) is 44.5 Å². The third-order valence-electron chi connectivity index (χ3n) is 14.4. The first kappa shape index (κ1) is 37.9. The van der Waals surface area contributed by atoms with Crippen molar-refractivity contribution in [3.8, 4) is 39.8 Å². The van der Waals surface area contributed by atoms with E-state index in [9.17, 15) is 0 Å². The summed E-state index contributed by atoms with van der Waals surface area (Å²) in [5.41, 5.74) is 12.9. The van der Waals surface area contributed by atoms with Crippen LogP contribution in [0.4, 0.5) is 0 Å². The Morgan fingerprint density at radius 2 is 0.667 bits per heavy atom. The molecule has 0 N–H and O–H groups in total. The highest BCUT2D eigenvalue weighted by Gasteiger charge is 2.23. The molecule has 0 saturated carbocycles. The van der Waals surface area contributed by atoms with Crippen molar-refractivity contribution < 1.29 is 0 Å². The van der Waals surface area contributed by atoms with Crippen LogP contribution in [0.25, 0.3) is 138 Å². The summed E-state index contributed by atoms with van der Waals surface area (Å²) >= 11 is 0. The number of aromatic nitrogens is 5. The number of hydrogen-bond donors (Lipinski definition) is 0. The van der Waals surface area contributed by atoms with Gasteiger partial charge in [-0.25, -0.2) is 9.97 Å². The number of benzene rings is 11. The van der Waals surface area contributed by atoms with E-state index >= 15 is 0 Å². The highest BCUT2D eigenvalue weighted by atomic mass is 15.2. The second kappa shape index (κ2) is 14.6. The second-order valence-corrected chi connectivity index (χ2v) is 18.1. The molecule has 0 saturated heterocycles. The summed E-state index contributed by atoms with van der Waals surface area (Å²) in [6, 6.07) is 85.6. The Morgan fingerprint density at radius 1 is 0.246 bits per heavy atom. The number of rotatable bonds is 5. The molecule has 0 fully saturated rings. The summed E-state index contributed by atoms with van der Waals surface area (Å²) in [5.74, 6) is 0.629. The third kappa shape index (κ3) is 5.59. The van der Waals surface area contributed by atoms with Crippen LogP contribution in [0.2, 0.25) is 0 Å². The second-order valence-electron chi connectivity index (χ2n) is 18.1. The van der Waals surface area contributed by atoms with Gasteiger partial charge in [-0.1, -0.05) is 170 Å². The first-order valence-corrected chi connectivity index (χ1v) is 23.6. The summed E-state index contributed by atoms with van der Waals surface area (Å²) in [7, 11) is 0. The first-order chi connectivity index (χ1) is 34.2. The molecule has 4 heterocycles. The van der Waals surface area contributed by atoms with Crippen molar-refractivity contribution in [3.63, 3.8) is 0 Å². The van der Waals surface area contributed by atoms with Crippen LogP contribution >= 0.6 is 0 Å². The quantitative estimate of drug-likeness (QED) is 0.173. The lowest BCUT2D eigenvalue weighted by Gasteiger charge is -2.14. The van der Waals surface area contributed by atoms with Crippen molar-refractivity contribution in [2.75, 3.05) is 0 Å². The molecule has 0 amide bonds. The maximum Gasteiger partial charge on any atom is 0.235 e. The van der Waals surface area contributed by atoms with Gasteiger partial charge in [0.25, 0.3) is 0 Å². The fourth-order valence-corrected chi connectivity index (χ4v) is 11.4. The lowest BCUT2D eigenvalue weighted by Crippen LogP contribution is -2.04. The van der Waals surface area contributed by atoms with E-state index in [1.54, 1.807) is 0 Å². The minimum atomic E-state index is 0.629. The predicted octanol–water partition coefficient (Wildman–Crippen LogP) is 16.6. The zero-order chi connectivity index (χ0) is 45.2. The lowest BCUT2D eigenvalue weighted by atomic mass is 9.99. The van der Waals surface area contributed by atoms with E-state index in [4.69, 9.17) is 9.97 Å². The van der Waals surface area contributed by atoms with Gasteiger partial charge in [0.15, 0.2) is 0 Å². The smallest absolute Gasteiger partial charge is 0.235 e. The van der Waals surface area contributed by atoms with Crippen LogP contribution in [0.15, 0.2) is 237 Å². The highest BCUT2D eigenvalue weighted by molar-refractivity contribution is 6.29. The molecule has 69 heavy (non-hydrogen) atoms. The van der Waals surface area contributed by atoms with Crippen LogP contribution in [0.1, 0.15) is 0 Å². The topological polar surface area (TPSA) is 40.6 Å². The highest BCUT2D eigenvalue weighted by Crippen LogP contribution is 2.44. The molecule has 0 bridgehead atoms. The standard InChI is InChI=1S/C64H39N5/c1-2-18-43-37-44(32-31-40(43)15-1)67-57-29-11-8-24-51(57)62-60(67)35-36-61-63(62)52-25-9-12-30-58(52)68(61)45-33-34-59-53(38-45)50-23-7-10-28-56(50)69(59)64-65-54(48-26-13-19-41-16-3-5-21-46(41)48)39-55(66-64)49-27-14-20-42-17-4-6-22-47(42)49/h1-39H. The molecule has 15 rings (SSSR count). The van der Waals surface area contributed by atoms with Gasteiger partial charge in [-0.15, -0.1) is 0 Å². The Hall–Kier alpha value is -9.32. The van der Waals surface area contributed by atoms with E-state index < -0.39 is 0 Å². The van der Waals surface area contributed by atoms with Gasteiger partial charge in [-0.3, -0.25) is 4.57 Å². The van der Waals surface area contributed by atoms with Crippen molar-refractivity contribution in [2.45, 2.75) is 0 Å². The molecule has 0 radical (unpaired) electrons. The molecule has 15 aromatic rings. The Balaban J connectivity index is 0.973. The van der Waals surface area contributed by atoms with Gasteiger partial charge >= 0.3 is 0 Å². The average Bonchev–Trinajstić information content (AvgIpc) is 4.06. The fraction of sp³-hybridized carbons (Fsp3) is 0. The fourth-order valence-electron chi connectivity index (χ4n) is 11.4. The predicted molar refractivity (Wildman–Crippen MR) is 288 cm³/mol. The molecule has 5 nitrogen and oxygen atoms in total. The minimum absolute atomic E-state index is 0.629. The van der Waals surface area contributed by atoms with Gasteiger partial charge in [-0.2, -0.15) is 0 Å². The third-order valence-corrected chi connectivity index (χ3v) is 14.4. The van der Waals surface area contributed by atoms with E-state index in [0.717, 1.165) is 72.0 Å². The first-order valence-electron chi connectivity index (χ1n) is 23.6. The maximum atomic E-state index is 5.49. The van der Waals surface area contributed by atoms with Gasteiger partial charge in [0.1, 0.15) is 0 Å². The number of para-hydroxylation sites is 3. The van der Waals surface area contributed by atoms with Crippen LogP contribution in [0.3, 0.4) is 0 Å². The molecule has 0 aliphatic carbocycles. The van der Waals surface area contributed by atoms with Gasteiger partial charge in [0.2, 0.25) is 5.95 Å². The maximum absolute atomic E-state index is 5.49. The van der Waals surface area contributed by atoms with Crippen LogP contribution in [0, 0.1) is 0 Å². The summed E-state index contributed by atoms with van der Waals surface area (Å²) in [6.45, 7) is 0. The average molecular weight is 878 g/mol. The summed E-state index contributed by atoms with van der Waals surface area (Å²) < 4.78 is 7.15. The van der Waals surface area contributed by atoms with Gasteiger partial charge in [0, 0.05) is 54.8 Å². The van der Waals surface area contributed by atoms with Crippen LogP contribution in [-0.2, 0) is 0 Å². The number of fused-ring (bicyclic) bond motifs is 13. The zero-order valence-electron chi connectivity index (χ0n) is 37.3. The number of hydrogen-bond acceptors (Lipinski definition) is 2. The Morgan fingerprint density at radius 3 is 1.26 bits per heavy atom. The molecule has 320 valence electrons. The Labute approximate surface area is 396 Å². The summed E-state index contributed by atoms with van der Waals surface area (Å²) in [6.07, 6.45) is 0. The minimum Gasteiger partial charge on any atom is -0.309 e. The molecule has 4 aromatic heterocycles. The molecule has 0 aliphatic rings. The SMILES string of the molecule is c1ccc2cc(-n3c4ccccc4c4c5c6ccccc6n(-c6ccc7c(c6)c6ccccc6n7-c6nc(-c7cccc8ccccc78)cc(-c7cccc8ccccc78)n6)c5ccc43)ccc2c1. The van der Waals surface area contributed by atoms with E-state index in [0.29, 0.717) is 5.95 Å². The van der Waals surface area contributed by atoms with E-state index in [1.165, 1.54) is 59.6 Å². The largest absolute Gasteiger partial charge is 0.309 e. The molecule has 11 aromatic carbocycles. The van der Waals surface area contributed by atoms with Crippen molar-refractivity contribution in [1.82, 2.24) is 23.7 Å². The molecular formula is C64H39N5. The van der Waals surface area contributed by atoms with Crippen LogP contribution in [0.5, 0.6) is 0 Å². The number of nitrogens with zero attached hydrogens (tertiary/aromatic N) is 5. The Kier molecular flexibility index (Phi) is 8.00. The van der Waals surface area contributed by atoms with E-state index in [2.05, 4.69) is 250 Å². The van der Waals surface area contributed by atoms with Gasteiger partial charge in [-0.05, 0) is 99.0 Å². The van der Waals surface area contributed by atoms with Crippen molar-refractivity contribution >= 4 is 97.7 Å². The van der Waals surface area contributed by atoms with E-state index in [1.807, 2.05) is 0 Å². The molecule has 0 spiro atoms. The van der Waals surface area contributed by atoms with Gasteiger partial charge < -0.3 is 9.13 Å². The Bertz CT molecular complexity index is 4520. The normalized spacial score (nSPS) is 12.1. The lowest BCUT2D eigenvalue weighted by molar-refractivity contribution is 0.996. The summed E-state index contributed by atoms with van der Waals surface area (Å²) in [4.78, 5) is 11.0. The molecule has 0 atom stereocenters. The molecular weight excluding hydrogens is 839 g/mol. The van der Waals surface area contributed by atoms with Crippen molar-refractivity contribution in [3.05, 3.63) is 237 Å². The molecule has 5 heteroatoms. The van der Waals surface area contributed by atoms with Crippen LogP contribution in [-0.4, -0.2) is 23.7 Å². The van der Waals surface area contributed by atoms with Crippen molar-refractivity contribution in [1.29, 1.82) is 0 Å². The van der Waals surface area contributed by atoms with Crippen molar-refractivity contribution in [2.24, 2.45) is 0 Å². The van der Waals surface area contributed by atoms with Crippen LogP contribution < -0.4 is 0 Å². The molecule has 0 aliphatic heterocycles. The zero-order valence-corrected chi connectivity index (χ0v) is 37.3. The van der Waals surface area contributed by atoms with E-state index in [-0.39, 0.29) is 0 Å². The molecule has 0 unspecified atom stereocenters. The summed E-state index contributed by atoms with van der Waals surface area (Å²) in [5, 5.41) is 14.4.